The molecule has 0 aliphatic heterocycles. The van der Waals surface area contributed by atoms with Gasteiger partial charge in [-0.3, -0.25) is 0 Å². The van der Waals surface area contributed by atoms with Crippen LogP contribution in [0.25, 0.3) is 0 Å². The normalized spacial score (nSPS) is 13.4. The number of halogens is 1. The number of aliphatic hydroxyl groups is 1. The minimum atomic E-state index is -0.341. The summed E-state index contributed by atoms with van der Waals surface area (Å²) in [6.07, 6.45) is -0.341. The summed E-state index contributed by atoms with van der Waals surface area (Å²) in [4.78, 5) is 0. The van der Waals surface area contributed by atoms with Crippen molar-refractivity contribution >= 4 is 22.6 Å². The second kappa shape index (κ2) is 4.42. The Morgan fingerprint density at radius 3 is 2.46 bits per heavy atom. The Kier molecular flexibility index (Phi) is 3.74. The zero-order chi connectivity index (χ0) is 10.0. The Morgan fingerprint density at radius 1 is 1.31 bits per heavy atom. The molecule has 2 heteroatoms. The molecule has 72 valence electrons. The number of aryl methyl sites for hydroxylation is 1. The van der Waals surface area contributed by atoms with E-state index < -0.39 is 0 Å². The van der Waals surface area contributed by atoms with Crippen LogP contribution in [0.3, 0.4) is 0 Å². The van der Waals surface area contributed by atoms with E-state index in [1.807, 2.05) is 26.0 Å². The smallest absolute Gasteiger partial charge is 0.0823 e. The Hall–Kier alpha value is -0.0900. The maximum absolute atomic E-state index is 9.90. The van der Waals surface area contributed by atoms with E-state index in [0.29, 0.717) is 0 Å². The van der Waals surface area contributed by atoms with Crippen LogP contribution in [-0.4, -0.2) is 5.11 Å². The van der Waals surface area contributed by atoms with Gasteiger partial charge in [-0.2, -0.15) is 0 Å². The van der Waals surface area contributed by atoms with E-state index in [4.69, 9.17) is 0 Å². The molecule has 1 nitrogen and oxygen atoms in total. The molecule has 13 heavy (non-hydrogen) atoms. The van der Waals surface area contributed by atoms with Crippen molar-refractivity contribution in [2.24, 2.45) is 5.92 Å². The molecular formula is C11H15IO. The Morgan fingerprint density at radius 2 is 1.92 bits per heavy atom. The maximum Gasteiger partial charge on any atom is 0.0823 e. The second-order valence-corrected chi connectivity index (χ2v) is 4.75. The van der Waals surface area contributed by atoms with E-state index in [0.717, 1.165) is 5.56 Å². The van der Waals surface area contributed by atoms with Gasteiger partial charge in [0.15, 0.2) is 0 Å². The van der Waals surface area contributed by atoms with Crippen molar-refractivity contribution in [3.8, 4) is 0 Å². The molecule has 0 saturated heterocycles. The van der Waals surface area contributed by atoms with Crippen LogP contribution in [0.1, 0.15) is 31.1 Å². The lowest BCUT2D eigenvalue weighted by Gasteiger charge is -2.17. The highest BCUT2D eigenvalue weighted by molar-refractivity contribution is 14.1. The number of hydrogen-bond acceptors (Lipinski definition) is 1. The summed E-state index contributed by atoms with van der Waals surface area (Å²) in [5.74, 6) is 0.273. The molecule has 0 bridgehead atoms. The van der Waals surface area contributed by atoms with Crippen LogP contribution in [0.5, 0.6) is 0 Å². The molecule has 1 atom stereocenters. The van der Waals surface area contributed by atoms with Gasteiger partial charge in [0.1, 0.15) is 0 Å². The molecule has 0 aromatic heterocycles. The summed E-state index contributed by atoms with van der Waals surface area (Å²) in [5.41, 5.74) is 2.29. The molecule has 1 aromatic carbocycles. The fourth-order valence-corrected chi connectivity index (χ4v) is 1.94. The SMILES string of the molecule is Cc1cccc(C(O)C(C)C)c1I. The molecule has 1 aromatic rings. The molecular weight excluding hydrogens is 275 g/mol. The van der Waals surface area contributed by atoms with Gasteiger partial charge < -0.3 is 5.11 Å². The van der Waals surface area contributed by atoms with Gasteiger partial charge in [0.25, 0.3) is 0 Å². The molecule has 0 heterocycles. The molecule has 1 unspecified atom stereocenters. The van der Waals surface area contributed by atoms with Gasteiger partial charge in [-0.05, 0) is 46.6 Å². The molecule has 1 rings (SSSR count). The van der Waals surface area contributed by atoms with Gasteiger partial charge in [-0.1, -0.05) is 32.0 Å². The average Bonchev–Trinajstić information content (AvgIpc) is 2.08. The van der Waals surface area contributed by atoms with Crippen molar-refractivity contribution in [1.82, 2.24) is 0 Å². The summed E-state index contributed by atoms with van der Waals surface area (Å²) in [5, 5.41) is 9.90. The Bertz CT molecular complexity index is 294. The van der Waals surface area contributed by atoms with Gasteiger partial charge in [-0.25, -0.2) is 0 Å². The predicted molar refractivity (Wildman–Crippen MR) is 63.7 cm³/mol. The first-order valence-electron chi connectivity index (χ1n) is 4.47. The first-order chi connectivity index (χ1) is 6.04. The summed E-state index contributed by atoms with van der Waals surface area (Å²) in [6, 6.07) is 6.07. The third-order valence-electron chi connectivity index (χ3n) is 2.17. The maximum atomic E-state index is 9.90. The Labute approximate surface area is 93.3 Å². The standard InChI is InChI=1S/C11H15IO/c1-7(2)11(13)9-6-4-5-8(3)10(9)12/h4-7,11,13H,1-3H3. The lowest BCUT2D eigenvalue weighted by Crippen LogP contribution is -2.07. The van der Waals surface area contributed by atoms with Crippen molar-refractivity contribution in [2.75, 3.05) is 0 Å². The summed E-state index contributed by atoms with van der Waals surface area (Å²) < 4.78 is 1.18. The quantitative estimate of drug-likeness (QED) is 0.829. The second-order valence-electron chi connectivity index (χ2n) is 3.67. The van der Waals surface area contributed by atoms with Crippen LogP contribution in [-0.2, 0) is 0 Å². The van der Waals surface area contributed by atoms with Crippen molar-refractivity contribution in [3.63, 3.8) is 0 Å². The fraction of sp³-hybridized carbons (Fsp3) is 0.455. The zero-order valence-electron chi connectivity index (χ0n) is 8.21. The molecule has 0 fully saturated rings. The highest BCUT2D eigenvalue weighted by Crippen LogP contribution is 2.27. The first kappa shape index (κ1) is 11.0. The number of aliphatic hydroxyl groups excluding tert-OH is 1. The van der Waals surface area contributed by atoms with Crippen LogP contribution in [0.4, 0.5) is 0 Å². The van der Waals surface area contributed by atoms with Crippen molar-refractivity contribution in [1.29, 1.82) is 0 Å². The molecule has 1 N–H and O–H groups in total. The Balaban J connectivity index is 3.07. The topological polar surface area (TPSA) is 20.2 Å². The third-order valence-corrected chi connectivity index (χ3v) is 3.65. The van der Waals surface area contributed by atoms with E-state index in [9.17, 15) is 5.11 Å². The van der Waals surface area contributed by atoms with E-state index in [-0.39, 0.29) is 12.0 Å². The predicted octanol–water partition coefficient (Wildman–Crippen LogP) is 3.29. The van der Waals surface area contributed by atoms with Crippen LogP contribution in [0, 0.1) is 16.4 Å². The van der Waals surface area contributed by atoms with E-state index in [2.05, 4.69) is 35.6 Å². The van der Waals surface area contributed by atoms with E-state index >= 15 is 0 Å². The van der Waals surface area contributed by atoms with Crippen LogP contribution < -0.4 is 0 Å². The van der Waals surface area contributed by atoms with Gasteiger partial charge in [0.05, 0.1) is 6.10 Å². The summed E-state index contributed by atoms with van der Waals surface area (Å²) in [7, 11) is 0. The number of rotatable bonds is 2. The minimum absolute atomic E-state index is 0.273. The largest absolute Gasteiger partial charge is 0.388 e. The third kappa shape index (κ3) is 2.44. The lowest BCUT2D eigenvalue weighted by atomic mass is 9.98. The van der Waals surface area contributed by atoms with Crippen molar-refractivity contribution in [2.45, 2.75) is 26.9 Å². The molecule has 0 saturated carbocycles. The van der Waals surface area contributed by atoms with Crippen LogP contribution in [0.2, 0.25) is 0 Å². The highest BCUT2D eigenvalue weighted by Gasteiger charge is 2.15. The number of benzene rings is 1. The molecule has 0 aliphatic carbocycles. The van der Waals surface area contributed by atoms with Crippen molar-refractivity contribution in [3.05, 3.63) is 32.9 Å². The van der Waals surface area contributed by atoms with Crippen molar-refractivity contribution < 1.29 is 5.11 Å². The number of hydrogen-bond donors (Lipinski definition) is 1. The summed E-state index contributed by atoms with van der Waals surface area (Å²) in [6.45, 7) is 6.13. The van der Waals surface area contributed by atoms with Gasteiger partial charge in [-0.15, -0.1) is 0 Å². The molecule has 0 amide bonds. The van der Waals surface area contributed by atoms with Crippen LogP contribution in [0.15, 0.2) is 18.2 Å². The van der Waals surface area contributed by atoms with E-state index in [1.165, 1.54) is 9.13 Å². The van der Waals surface area contributed by atoms with Gasteiger partial charge >= 0.3 is 0 Å². The minimum Gasteiger partial charge on any atom is -0.388 e. The lowest BCUT2D eigenvalue weighted by molar-refractivity contribution is 0.126. The van der Waals surface area contributed by atoms with Gasteiger partial charge in [0.2, 0.25) is 0 Å². The molecule has 0 spiro atoms. The molecule has 0 aliphatic rings. The van der Waals surface area contributed by atoms with Gasteiger partial charge in [0, 0.05) is 3.57 Å². The first-order valence-corrected chi connectivity index (χ1v) is 5.55. The average molecular weight is 290 g/mol. The summed E-state index contributed by atoms with van der Waals surface area (Å²) >= 11 is 2.29. The zero-order valence-corrected chi connectivity index (χ0v) is 10.4. The highest BCUT2D eigenvalue weighted by atomic mass is 127. The fourth-order valence-electron chi connectivity index (χ4n) is 1.26. The van der Waals surface area contributed by atoms with E-state index in [1.54, 1.807) is 0 Å². The van der Waals surface area contributed by atoms with Crippen LogP contribution >= 0.6 is 22.6 Å². The molecule has 0 radical (unpaired) electrons. The monoisotopic (exact) mass is 290 g/mol.